The number of aromatic nitrogens is 2. The van der Waals surface area contributed by atoms with Crippen molar-refractivity contribution in [2.45, 2.75) is 25.8 Å². The first-order valence-corrected chi connectivity index (χ1v) is 6.02. The van der Waals surface area contributed by atoms with Crippen LogP contribution in [0.25, 0.3) is 0 Å². The summed E-state index contributed by atoms with van der Waals surface area (Å²) in [6.07, 6.45) is 4.50. The van der Waals surface area contributed by atoms with Crippen LogP contribution in [0.4, 0.5) is 0 Å². The van der Waals surface area contributed by atoms with Crippen molar-refractivity contribution >= 4 is 0 Å². The van der Waals surface area contributed by atoms with Crippen LogP contribution in [0.2, 0.25) is 0 Å². The molecule has 0 N–H and O–H groups in total. The van der Waals surface area contributed by atoms with E-state index in [1.807, 2.05) is 6.92 Å². The van der Waals surface area contributed by atoms with Crippen molar-refractivity contribution in [2.24, 2.45) is 0 Å². The third-order valence-electron chi connectivity index (χ3n) is 3.28. The lowest BCUT2D eigenvalue weighted by atomic mass is 10.1. The molecule has 2 heterocycles. The molecule has 0 spiro atoms. The van der Waals surface area contributed by atoms with Gasteiger partial charge in [-0.3, -0.25) is 4.68 Å². The summed E-state index contributed by atoms with van der Waals surface area (Å²) in [5.74, 6) is 0. The van der Waals surface area contributed by atoms with Gasteiger partial charge < -0.3 is 9.64 Å². The number of likely N-dealkylation sites (tertiary alicyclic amines) is 1. The molecule has 0 aromatic carbocycles. The molecule has 16 heavy (non-hydrogen) atoms. The van der Waals surface area contributed by atoms with Gasteiger partial charge in [-0.15, -0.1) is 0 Å². The van der Waals surface area contributed by atoms with Crippen molar-refractivity contribution in [3.05, 3.63) is 18.0 Å². The summed E-state index contributed by atoms with van der Waals surface area (Å²) in [6.45, 7) is 6.26. The topological polar surface area (TPSA) is 30.3 Å². The molecular formula is C12H21N3O. The molecule has 0 bridgehead atoms. The Hall–Kier alpha value is -0.870. The van der Waals surface area contributed by atoms with Gasteiger partial charge in [-0.2, -0.15) is 5.10 Å². The van der Waals surface area contributed by atoms with Gasteiger partial charge in [0, 0.05) is 32.9 Å². The SMILES string of the molecule is COCCN1CCC(n2ccc(C)n2)CC1. The highest BCUT2D eigenvalue weighted by Crippen LogP contribution is 2.21. The second kappa shape index (κ2) is 5.46. The van der Waals surface area contributed by atoms with Gasteiger partial charge in [0.25, 0.3) is 0 Å². The molecule has 1 aromatic heterocycles. The van der Waals surface area contributed by atoms with Gasteiger partial charge >= 0.3 is 0 Å². The summed E-state index contributed by atoms with van der Waals surface area (Å²) >= 11 is 0. The minimum Gasteiger partial charge on any atom is -0.383 e. The lowest BCUT2D eigenvalue weighted by molar-refractivity contribution is 0.119. The zero-order valence-electron chi connectivity index (χ0n) is 10.2. The Bertz CT molecular complexity index is 316. The smallest absolute Gasteiger partial charge is 0.0593 e. The minimum absolute atomic E-state index is 0.590. The molecule has 4 heteroatoms. The average molecular weight is 223 g/mol. The fourth-order valence-electron chi connectivity index (χ4n) is 2.26. The van der Waals surface area contributed by atoms with Crippen LogP contribution in [-0.2, 0) is 4.74 Å². The Labute approximate surface area is 97.2 Å². The number of piperidine rings is 1. The van der Waals surface area contributed by atoms with Gasteiger partial charge in [-0.05, 0) is 25.8 Å². The number of hydrogen-bond acceptors (Lipinski definition) is 3. The highest BCUT2D eigenvalue weighted by atomic mass is 16.5. The maximum absolute atomic E-state index is 5.10. The molecule has 0 amide bonds. The standard InChI is InChI=1S/C12H21N3O/c1-11-3-8-15(13-11)12-4-6-14(7-5-12)9-10-16-2/h3,8,12H,4-7,9-10H2,1-2H3. The number of hydrogen-bond donors (Lipinski definition) is 0. The third-order valence-corrected chi connectivity index (χ3v) is 3.28. The molecule has 0 aliphatic carbocycles. The molecule has 0 radical (unpaired) electrons. The van der Waals surface area contributed by atoms with Crippen LogP contribution in [0.3, 0.4) is 0 Å². The largest absolute Gasteiger partial charge is 0.383 e. The Kier molecular flexibility index (Phi) is 3.96. The third kappa shape index (κ3) is 2.83. The minimum atomic E-state index is 0.590. The van der Waals surface area contributed by atoms with Crippen LogP contribution in [0.1, 0.15) is 24.6 Å². The maximum atomic E-state index is 5.10. The monoisotopic (exact) mass is 223 g/mol. The molecule has 0 atom stereocenters. The zero-order chi connectivity index (χ0) is 11.4. The predicted molar refractivity (Wildman–Crippen MR) is 63.6 cm³/mol. The van der Waals surface area contributed by atoms with Crippen LogP contribution >= 0.6 is 0 Å². The summed E-state index contributed by atoms with van der Waals surface area (Å²) < 4.78 is 7.23. The van der Waals surface area contributed by atoms with E-state index in [-0.39, 0.29) is 0 Å². The Balaban J connectivity index is 1.81. The second-order valence-corrected chi connectivity index (χ2v) is 4.50. The Morgan fingerprint density at radius 3 is 2.75 bits per heavy atom. The normalized spacial score (nSPS) is 19.1. The molecule has 1 aromatic rings. The molecule has 2 rings (SSSR count). The first kappa shape index (κ1) is 11.6. The van der Waals surface area contributed by atoms with E-state index < -0.39 is 0 Å². The molecule has 90 valence electrons. The van der Waals surface area contributed by atoms with Gasteiger partial charge in [0.2, 0.25) is 0 Å². The van der Waals surface area contributed by atoms with Gasteiger partial charge in [-0.25, -0.2) is 0 Å². The number of nitrogens with zero attached hydrogens (tertiary/aromatic N) is 3. The van der Waals surface area contributed by atoms with Gasteiger partial charge in [0.1, 0.15) is 0 Å². The number of aryl methyl sites for hydroxylation is 1. The van der Waals surface area contributed by atoms with Gasteiger partial charge in [0.05, 0.1) is 18.3 Å². The highest BCUT2D eigenvalue weighted by molar-refractivity contribution is 4.96. The van der Waals surface area contributed by atoms with Crippen LogP contribution in [-0.4, -0.2) is 48.0 Å². The molecule has 1 aliphatic heterocycles. The van der Waals surface area contributed by atoms with E-state index in [2.05, 4.69) is 26.9 Å². The average Bonchev–Trinajstić information content (AvgIpc) is 2.74. The number of rotatable bonds is 4. The highest BCUT2D eigenvalue weighted by Gasteiger charge is 2.20. The fraction of sp³-hybridized carbons (Fsp3) is 0.750. The van der Waals surface area contributed by atoms with E-state index in [1.54, 1.807) is 7.11 Å². The lowest BCUT2D eigenvalue weighted by Gasteiger charge is -2.31. The molecule has 0 saturated carbocycles. The molecule has 4 nitrogen and oxygen atoms in total. The van der Waals surface area contributed by atoms with E-state index in [0.29, 0.717) is 6.04 Å². The van der Waals surface area contributed by atoms with Crippen molar-refractivity contribution < 1.29 is 4.74 Å². The summed E-state index contributed by atoms with van der Waals surface area (Å²) in [4.78, 5) is 2.47. The van der Waals surface area contributed by atoms with Crippen molar-refractivity contribution in [3.63, 3.8) is 0 Å². The van der Waals surface area contributed by atoms with Gasteiger partial charge in [0.15, 0.2) is 0 Å². The summed E-state index contributed by atoms with van der Waals surface area (Å²) in [5, 5.41) is 4.50. The van der Waals surface area contributed by atoms with Crippen molar-refractivity contribution in [1.82, 2.24) is 14.7 Å². The summed E-state index contributed by atoms with van der Waals surface area (Å²) in [5.41, 5.74) is 1.11. The lowest BCUT2D eigenvalue weighted by Crippen LogP contribution is -2.36. The van der Waals surface area contributed by atoms with E-state index >= 15 is 0 Å². The number of methoxy groups -OCH3 is 1. The summed E-state index contributed by atoms with van der Waals surface area (Å²) in [6, 6.07) is 2.67. The number of ether oxygens (including phenoxy) is 1. The zero-order valence-corrected chi connectivity index (χ0v) is 10.2. The first-order chi connectivity index (χ1) is 7.79. The van der Waals surface area contributed by atoms with E-state index in [9.17, 15) is 0 Å². The van der Waals surface area contributed by atoms with Crippen LogP contribution in [0, 0.1) is 6.92 Å². The summed E-state index contributed by atoms with van der Waals surface area (Å²) in [7, 11) is 1.76. The van der Waals surface area contributed by atoms with E-state index in [1.165, 1.54) is 12.8 Å². The predicted octanol–water partition coefficient (Wildman–Crippen LogP) is 1.47. The quantitative estimate of drug-likeness (QED) is 0.774. The molecule has 1 aliphatic rings. The van der Waals surface area contributed by atoms with Crippen LogP contribution in [0.15, 0.2) is 12.3 Å². The Morgan fingerprint density at radius 2 is 2.19 bits per heavy atom. The van der Waals surface area contributed by atoms with Crippen molar-refractivity contribution in [2.75, 3.05) is 33.4 Å². The molecule has 0 unspecified atom stereocenters. The van der Waals surface area contributed by atoms with Crippen LogP contribution in [0.5, 0.6) is 0 Å². The van der Waals surface area contributed by atoms with Gasteiger partial charge in [-0.1, -0.05) is 0 Å². The first-order valence-electron chi connectivity index (χ1n) is 6.02. The van der Waals surface area contributed by atoms with Crippen molar-refractivity contribution in [1.29, 1.82) is 0 Å². The fourth-order valence-corrected chi connectivity index (χ4v) is 2.26. The maximum Gasteiger partial charge on any atom is 0.0593 e. The molecular weight excluding hydrogens is 202 g/mol. The van der Waals surface area contributed by atoms with E-state index in [4.69, 9.17) is 4.74 Å². The van der Waals surface area contributed by atoms with E-state index in [0.717, 1.165) is 31.9 Å². The van der Waals surface area contributed by atoms with Crippen LogP contribution < -0.4 is 0 Å². The Morgan fingerprint density at radius 1 is 1.44 bits per heavy atom. The second-order valence-electron chi connectivity index (χ2n) is 4.50. The molecule has 1 fully saturated rings. The molecule has 1 saturated heterocycles. The van der Waals surface area contributed by atoms with Crippen molar-refractivity contribution in [3.8, 4) is 0 Å².